The van der Waals surface area contributed by atoms with Gasteiger partial charge in [-0.2, -0.15) is 29.0 Å². The molecule has 2 aliphatic carbocycles. The molecule has 0 radical (unpaired) electrons. The van der Waals surface area contributed by atoms with Crippen molar-refractivity contribution in [2.45, 2.75) is 62.7 Å². The number of nitrogens with one attached hydrogen (secondary N) is 1. The number of halogens is 7. The molecule has 0 aromatic heterocycles. The van der Waals surface area contributed by atoms with Crippen LogP contribution in [0.5, 0.6) is 0 Å². The molecule has 0 unspecified atom stereocenters. The van der Waals surface area contributed by atoms with Crippen LogP contribution in [0.4, 0.5) is 44.7 Å². The molecule has 4 aromatic rings. The summed E-state index contributed by atoms with van der Waals surface area (Å²) >= 11 is 19.3. The van der Waals surface area contributed by atoms with Crippen molar-refractivity contribution in [2.24, 2.45) is 0 Å². The number of rotatable bonds is 6. The van der Waals surface area contributed by atoms with Crippen LogP contribution in [0.1, 0.15) is 81.5 Å². The first-order valence-electron chi connectivity index (χ1n) is 19.0. The van der Waals surface area contributed by atoms with Gasteiger partial charge in [0.25, 0.3) is 5.91 Å². The lowest BCUT2D eigenvalue weighted by Crippen LogP contribution is -2.55. The van der Waals surface area contributed by atoms with E-state index in [1.54, 1.807) is 42.2 Å². The summed E-state index contributed by atoms with van der Waals surface area (Å²) in [6, 6.07) is 22.2. The number of alkyl halides is 3. The first-order valence-corrected chi connectivity index (χ1v) is 20.6. The Morgan fingerprint density at radius 3 is 1.77 bits per heavy atom. The summed E-state index contributed by atoms with van der Waals surface area (Å²) in [5.74, 6) is -3.04. The van der Waals surface area contributed by atoms with Crippen LogP contribution < -0.4 is 20.9 Å². The number of nitrogens with two attached hydrogens (primary N) is 1. The van der Waals surface area contributed by atoms with E-state index in [9.17, 15) is 41.6 Å². The molecule has 21 heteroatoms. The molecule has 7 rings (SSSR count). The fourth-order valence-corrected chi connectivity index (χ4v) is 7.34. The fourth-order valence-electron chi connectivity index (χ4n) is 6.87. The fraction of sp³-hybridized carbons (Fsp3) is 0.273. The van der Waals surface area contributed by atoms with Crippen LogP contribution in [-0.4, -0.2) is 52.0 Å². The summed E-state index contributed by atoms with van der Waals surface area (Å²) in [5.41, 5.74) is 4.76. The zero-order chi connectivity index (χ0) is 48.4. The van der Waals surface area contributed by atoms with Crippen molar-refractivity contribution in [3.63, 3.8) is 0 Å². The molecule has 4 aromatic carbocycles. The Labute approximate surface area is 390 Å². The highest BCUT2D eigenvalue weighted by Crippen LogP contribution is 2.48. The van der Waals surface area contributed by atoms with Gasteiger partial charge >= 0.3 is 18.1 Å². The number of nitrogens with zero attached hydrogens (tertiary/aromatic N) is 5. The minimum absolute atomic E-state index is 0.00803. The van der Waals surface area contributed by atoms with Gasteiger partial charge in [-0.1, -0.05) is 35.4 Å². The number of amides is 1. The van der Waals surface area contributed by atoms with Gasteiger partial charge in [-0.25, -0.2) is 18.4 Å². The van der Waals surface area contributed by atoms with Gasteiger partial charge in [-0.15, -0.1) is 0 Å². The maximum Gasteiger partial charge on any atom is 0.417 e. The highest BCUT2D eigenvalue weighted by Gasteiger charge is 2.59. The van der Waals surface area contributed by atoms with Gasteiger partial charge < -0.3 is 25.4 Å². The third kappa shape index (κ3) is 11.6. The van der Waals surface area contributed by atoms with Gasteiger partial charge in [0.1, 0.15) is 22.7 Å². The predicted molar refractivity (Wildman–Crippen MR) is 241 cm³/mol. The van der Waals surface area contributed by atoms with Crippen molar-refractivity contribution < 1.29 is 45.8 Å². The van der Waals surface area contributed by atoms with Crippen LogP contribution in [0.2, 0.25) is 0 Å². The van der Waals surface area contributed by atoms with Crippen LogP contribution >= 0.6 is 47.6 Å². The number of nitrogen functional groups attached to an aromatic ring is 1. The summed E-state index contributed by atoms with van der Waals surface area (Å²) in [5, 5.41) is 29.9. The van der Waals surface area contributed by atoms with Crippen LogP contribution in [0.25, 0.3) is 0 Å². The van der Waals surface area contributed by atoms with E-state index in [4.69, 9.17) is 51.7 Å². The number of ether oxygens (including phenoxy) is 2. The van der Waals surface area contributed by atoms with Crippen molar-refractivity contribution in [3.05, 3.63) is 118 Å². The molecule has 1 saturated heterocycles. The van der Waals surface area contributed by atoms with Crippen molar-refractivity contribution in [2.75, 3.05) is 35.1 Å². The molecule has 2 saturated carbocycles. The Morgan fingerprint density at radius 1 is 0.815 bits per heavy atom. The molecule has 12 nitrogen and oxygen atoms in total. The monoisotopic (exact) mass is 971 g/mol. The number of nitriles is 3. The molecule has 0 bridgehead atoms. The maximum atomic E-state index is 14.6. The van der Waals surface area contributed by atoms with Gasteiger partial charge in [0.15, 0.2) is 8.90 Å². The molecular weight excluding hydrogens is 937 g/mol. The van der Waals surface area contributed by atoms with E-state index in [1.165, 1.54) is 55.5 Å². The Kier molecular flexibility index (Phi) is 16.9. The summed E-state index contributed by atoms with van der Waals surface area (Å²) in [6.45, 7) is 1.80. The second-order valence-electron chi connectivity index (χ2n) is 14.4. The highest BCUT2D eigenvalue weighted by atomic mass is 35.5. The van der Waals surface area contributed by atoms with E-state index in [2.05, 4.69) is 39.1 Å². The minimum atomic E-state index is -4.53. The largest absolute Gasteiger partial charge is 0.465 e. The van der Waals surface area contributed by atoms with Crippen molar-refractivity contribution in [1.29, 1.82) is 15.8 Å². The van der Waals surface area contributed by atoms with Gasteiger partial charge in [-0.05, 0) is 136 Å². The molecular formula is C44H36Cl2F5N7O5S2. The van der Waals surface area contributed by atoms with Gasteiger partial charge in [0.05, 0.1) is 65.9 Å². The predicted octanol–water partition coefficient (Wildman–Crippen LogP) is 10.2. The quantitative estimate of drug-likeness (QED) is 0.0612. The van der Waals surface area contributed by atoms with E-state index in [0.717, 1.165) is 43.4 Å². The number of thiocarbonyl (C=S) groups is 2. The third-order valence-corrected chi connectivity index (χ3v) is 10.8. The molecule has 3 fully saturated rings. The van der Waals surface area contributed by atoms with E-state index in [1.807, 2.05) is 0 Å². The van der Waals surface area contributed by atoms with Crippen LogP contribution in [-0.2, 0) is 20.4 Å². The topological polar surface area (TPSA) is 186 Å². The SMILES string of the molecule is COC(=O)c1ccc(N2C(=S)N(c3ccc(C#N)c(C)c3)C(=O)C23CCC3)cc1F.COC(=O)c1ccc(NC2(C#N)CCC2)cc1F.N#Cc1ccc(N)cc1C(F)(F)F.S=C(Cl)Cl. The molecule has 338 valence electrons. The molecule has 3 N–H and O–H groups in total. The number of esters is 2. The van der Waals surface area contributed by atoms with Crippen LogP contribution in [0.15, 0.2) is 72.8 Å². The number of hydrogen-bond donors (Lipinski definition) is 2. The number of methoxy groups -OCH3 is 2. The Bertz CT molecular complexity index is 2660. The van der Waals surface area contributed by atoms with Crippen molar-refractivity contribution in [1.82, 2.24) is 0 Å². The first kappa shape index (κ1) is 51.2. The minimum Gasteiger partial charge on any atom is -0.465 e. The molecule has 1 amide bonds. The lowest BCUT2D eigenvalue weighted by atomic mass is 9.75. The van der Waals surface area contributed by atoms with Crippen LogP contribution in [0, 0.1) is 52.6 Å². The lowest BCUT2D eigenvalue weighted by molar-refractivity contribution is -0.137. The van der Waals surface area contributed by atoms with Crippen LogP contribution in [0.3, 0.4) is 0 Å². The standard InChI is InChI=1S/C22H18FN3O3S.C13H13FN2O2.C8H5F3N2.CCl2S/c1-13-10-15(5-4-14(13)12-24)25-20(28)22(8-3-9-22)26(21(25)30)16-6-7-17(18(23)11-16)19(27)29-2;1-18-12(17)10-4-3-9(7-11(10)14)16-13(8-15)5-2-6-13;9-8(10,11)7-3-6(13)2-1-5(7)4-12;2-1(3)4/h4-7,10-11H,3,8-9H2,1-2H3;3-4,7,16H,2,5-6H2,1H3;1-3H,13H2;. The second-order valence-corrected chi connectivity index (χ2v) is 16.6. The number of hydrogen-bond acceptors (Lipinski definition) is 12. The Balaban J connectivity index is 0.000000224. The number of carbonyl (C=O) groups excluding carboxylic acids is 3. The first-order chi connectivity index (χ1) is 30.6. The van der Waals surface area contributed by atoms with E-state index >= 15 is 0 Å². The number of carbonyl (C=O) groups is 3. The normalized spacial score (nSPS) is 15.0. The van der Waals surface area contributed by atoms with E-state index in [0.29, 0.717) is 35.5 Å². The van der Waals surface area contributed by atoms with Gasteiger partial charge in [0.2, 0.25) is 0 Å². The van der Waals surface area contributed by atoms with Gasteiger partial charge in [-0.3, -0.25) is 9.69 Å². The highest BCUT2D eigenvalue weighted by molar-refractivity contribution is 7.86. The summed E-state index contributed by atoms with van der Waals surface area (Å²) < 4.78 is 73.9. The van der Waals surface area contributed by atoms with Crippen molar-refractivity contribution in [3.8, 4) is 18.2 Å². The molecule has 1 aliphatic heterocycles. The number of benzene rings is 4. The third-order valence-electron chi connectivity index (χ3n) is 10.4. The smallest absolute Gasteiger partial charge is 0.417 e. The summed E-state index contributed by atoms with van der Waals surface area (Å²) in [7, 11) is 2.39. The Morgan fingerprint density at radius 2 is 1.34 bits per heavy atom. The molecule has 3 aliphatic rings. The number of anilines is 4. The van der Waals surface area contributed by atoms with E-state index in [-0.39, 0.29) is 31.6 Å². The average molecular weight is 973 g/mol. The second kappa shape index (κ2) is 21.5. The van der Waals surface area contributed by atoms with Gasteiger partial charge in [0, 0.05) is 17.1 Å². The zero-order valence-electron chi connectivity index (χ0n) is 34.5. The summed E-state index contributed by atoms with van der Waals surface area (Å²) in [4.78, 5) is 39.5. The molecule has 65 heavy (non-hydrogen) atoms. The molecule has 1 spiro atoms. The lowest BCUT2D eigenvalue weighted by Gasteiger charge is -2.43. The molecule has 0 atom stereocenters. The number of aryl methyl sites for hydroxylation is 1. The summed E-state index contributed by atoms with van der Waals surface area (Å²) in [6.07, 6.45) is 0.0154. The maximum absolute atomic E-state index is 14.6. The Hall–Kier alpha value is -6.43. The molecule has 1 heterocycles. The zero-order valence-corrected chi connectivity index (χ0v) is 37.6. The van der Waals surface area contributed by atoms with E-state index < -0.39 is 52.0 Å². The van der Waals surface area contributed by atoms with Crippen molar-refractivity contribution >= 4 is 97.1 Å². The average Bonchev–Trinajstić information content (AvgIpc) is 3.47.